The van der Waals surface area contributed by atoms with Gasteiger partial charge in [0.1, 0.15) is 12.1 Å². The molecule has 0 aromatic carbocycles. The molecule has 1 aliphatic carbocycles. The summed E-state index contributed by atoms with van der Waals surface area (Å²) < 4.78 is 0. The fourth-order valence-corrected chi connectivity index (χ4v) is 3.12. The highest BCUT2D eigenvalue weighted by Crippen LogP contribution is 2.38. The fraction of sp³-hybridized carbons (Fsp3) is 0.867. The van der Waals surface area contributed by atoms with Crippen molar-refractivity contribution in [3.05, 3.63) is 0 Å². The Balaban J connectivity index is 2.28. The first kappa shape index (κ1) is 14.4. The van der Waals surface area contributed by atoms with Crippen LogP contribution in [0.4, 0.5) is 0 Å². The van der Waals surface area contributed by atoms with E-state index in [1.54, 1.807) is 0 Å². The number of rotatable bonds is 5. The van der Waals surface area contributed by atoms with Gasteiger partial charge in [0.25, 0.3) is 0 Å². The topological polar surface area (TPSA) is 49.4 Å². The van der Waals surface area contributed by atoms with Crippen molar-refractivity contribution in [2.24, 2.45) is 11.8 Å². The lowest BCUT2D eigenvalue weighted by atomic mass is 9.93. The van der Waals surface area contributed by atoms with Crippen LogP contribution in [0.25, 0.3) is 0 Å². The fourth-order valence-electron chi connectivity index (χ4n) is 3.12. The lowest BCUT2D eigenvalue weighted by Crippen LogP contribution is -2.67. The standard InChI is InChI=1S/C15H26N2O2/c1-5-11(6-2)17-13(10-7-8-10)14(18)16-12(9(3)4)15(17)19/h9-13H,5-8H2,1-4H3,(H,16,18). The summed E-state index contributed by atoms with van der Waals surface area (Å²) in [6.45, 7) is 8.18. The predicted octanol–water partition coefficient (Wildman–Crippen LogP) is 1.94. The summed E-state index contributed by atoms with van der Waals surface area (Å²) in [5, 5.41) is 2.94. The first-order chi connectivity index (χ1) is 9.01. The third kappa shape index (κ3) is 2.63. The lowest BCUT2D eigenvalue weighted by Gasteiger charge is -2.44. The molecule has 0 spiro atoms. The Kier molecular flexibility index (Phi) is 4.16. The number of piperazine rings is 1. The maximum atomic E-state index is 12.7. The van der Waals surface area contributed by atoms with Gasteiger partial charge in [0.2, 0.25) is 11.8 Å². The van der Waals surface area contributed by atoms with Crippen LogP contribution in [-0.4, -0.2) is 34.8 Å². The number of carbonyl (C=O) groups is 2. The summed E-state index contributed by atoms with van der Waals surface area (Å²) in [7, 11) is 0. The highest BCUT2D eigenvalue weighted by molar-refractivity contribution is 5.97. The number of nitrogens with zero attached hydrogens (tertiary/aromatic N) is 1. The molecule has 1 aliphatic heterocycles. The van der Waals surface area contributed by atoms with Crippen molar-refractivity contribution < 1.29 is 9.59 Å². The second-order valence-electron chi connectivity index (χ2n) is 6.23. The number of hydrogen-bond acceptors (Lipinski definition) is 2. The molecule has 0 aromatic rings. The Labute approximate surface area is 115 Å². The smallest absolute Gasteiger partial charge is 0.246 e. The maximum absolute atomic E-state index is 12.7. The number of hydrogen-bond donors (Lipinski definition) is 1. The summed E-state index contributed by atoms with van der Waals surface area (Å²) in [6, 6.07) is -0.360. The van der Waals surface area contributed by atoms with Gasteiger partial charge in [-0.3, -0.25) is 9.59 Å². The number of carbonyl (C=O) groups excluding carboxylic acids is 2. The molecule has 1 saturated heterocycles. The van der Waals surface area contributed by atoms with Gasteiger partial charge in [0.05, 0.1) is 0 Å². The average molecular weight is 266 g/mol. The van der Waals surface area contributed by atoms with Crippen molar-refractivity contribution in [3.8, 4) is 0 Å². The number of amides is 2. The molecule has 4 heteroatoms. The molecular formula is C15H26N2O2. The van der Waals surface area contributed by atoms with Gasteiger partial charge in [-0.25, -0.2) is 0 Å². The quantitative estimate of drug-likeness (QED) is 0.826. The second-order valence-corrected chi connectivity index (χ2v) is 6.23. The van der Waals surface area contributed by atoms with E-state index in [9.17, 15) is 9.59 Å². The first-order valence-electron chi connectivity index (χ1n) is 7.63. The van der Waals surface area contributed by atoms with Crippen molar-refractivity contribution in [1.29, 1.82) is 0 Å². The third-order valence-electron chi connectivity index (χ3n) is 4.46. The summed E-state index contributed by atoms with van der Waals surface area (Å²) >= 11 is 0. The summed E-state index contributed by atoms with van der Waals surface area (Å²) in [5.74, 6) is 0.721. The minimum Gasteiger partial charge on any atom is -0.342 e. The van der Waals surface area contributed by atoms with Gasteiger partial charge >= 0.3 is 0 Å². The summed E-state index contributed by atoms with van der Waals surface area (Å²) in [5.41, 5.74) is 0. The van der Waals surface area contributed by atoms with Crippen LogP contribution in [-0.2, 0) is 9.59 Å². The second kappa shape index (κ2) is 5.51. The van der Waals surface area contributed by atoms with Crippen LogP contribution >= 0.6 is 0 Å². The number of nitrogens with one attached hydrogen (secondary N) is 1. The molecule has 0 bridgehead atoms. The van der Waals surface area contributed by atoms with Gasteiger partial charge in [-0.1, -0.05) is 27.7 Å². The largest absolute Gasteiger partial charge is 0.342 e. The van der Waals surface area contributed by atoms with Crippen molar-refractivity contribution in [2.45, 2.75) is 71.5 Å². The zero-order valence-electron chi connectivity index (χ0n) is 12.5. The van der Waals surface area contributed by atoms with Gasteiger partial charge in [-0.05, 0) is 37.5 Å². The van der Waals surface area contributed by atoms with Crippen LogP contribution in [0.1, 0.15) is 53.4 Å². The molecule has 0 aromatic heterocycles. The van der Waals surface area contributed by atoms with E-state index >= 15 is 0 Å². The van der Waals surface area contributed by atoms with Crippen LogP contribution in [0.5, 0.6) is 0 Å². The van der Waals surface area contributed by atoms with E-state index in [1.165, 1.54) is 0 Å². The van der Waals surface area contributed by atoms with Gasteiger partial charge in [0, 0.05) is 6.04 Å². The van der Waals surface area contributed by atoms with E-state index in [0.29, 0.717) is 5.92 Å². The molecule has 1 N–H and O–H groups in total. The van der Waals surface area contributed by atoms with E-state index < -0.39 is 0 Å². The van der Waals surface area contributed by atoms with E-state index in [4.69, 9.17) is 0 Å². The minimum atomic E-state index is -0.344. The molecule has 1 saturated carbocycles. The van der Waals surface area contributed by atoms with Crippen LogP contribution in [0.15, 0.2) is 0 Å². The molecule has 2 amide bonds. The Morgan fingerprint density at radius 1 is 1.21 bits per heavy atom. The highest BCUT2D eigenvalue weighted by Gasteiger charge is 2.49. The molecule has 0 radical (unpaired) electrons. The SMILES string of the molecule is CCC(CC)N1C(=O)C(C(C)C)NC(=O)C1C1CC1. The van der Waals surface area contributed by atoms with Crippen molar-refractivity contribution in [2.75, 3.05) is 0 Å². The van der Waals surface area contributed by atoms with Crippen molar-refractivity contribution in [1.82, 2.24) is 10.2 Å². The van der Waals surface area contributed by atoms with Crippen LogP contribution < -0.4 is 5.32 Å². The highest BCUT2D eigenvalue weighted by atomic mass is 16.2. The van der Waals surface area contributed by atoms with Crippen LogP contribution in [0, 0.1) is 11.8 Å². The zero-order chi connectivity index (χ0) is 14.2. The average Bonchev–Trinajstić information content (AvgIpc) is 3.18. The molecule has 4 nitrogen and oxygen atoms in total. The molecule has 2 fully saturated rings. The van der Waals surface area contributed by atoms with E-state index in [1.807, 2.05) is 18.7 Å². The van der Waals surface area contributed by atoms with Crippen molar-refractivity contribution in [3.63, 3.8) is 0 Å². The van der Waals surface area contributed by atoms with Crippen LogP contribution in [0.2, 0.25) is 0 Å². The minimum absolute atomic E-state index is 0.0627. The van der Waals surface area contributed by atoms with Gasteiger partial charge in [-0.15, -0.1) is 0 Å². The summed E-state index contributed by atoms with van der Waals surface area (Å²) in [4.78, 5) is 27.0. The normalized spacial score (nSPS) is 28.2. The van der Waals surface area contributed by atoms with Gasteiger partial charge in [-0.2, -0.15) is 0 Å². The molecule has 2 rings (SSSR count). The molecule has 2 atom stereocenters. The van der Waals surface area contributed by atoms with E-state index in [-0.39, 0.29) is 35.9 Å². The van der Waals surface area contributed by atoms with Crippen LogP contribution in [0.3, 0.4) is 0 Å². The monoisotopic (exact) mass is 266 g/mol. The third-order valence-corrected chi connectivity index (χ3v) is 4.46. The molecule has 108 valence electrons. The van der Waals surface area contributed by atoms with E-state index in [0.717, 1.165) is 25.7 Å². The molecule has 19 heavy (non-hydrogen) atoms. The Bertz CT molecular complexity index is 359. The lowest BCUT2D eigenvalue weighted by molar-refractivity contribution is -0.154. The predicted molar refractivity (Wildman–Crippen MR) is 74.5 cm³/mol. The van der Waals surface area contributed by atoms with Gasteiger partial charge < -0.3 is 10.2 Å². The molecule has 2 unspecified atom stereocenters. The first-order valence-corrected chi connectivity index (χ1v) is 7.63. The molecule has 2 aliphatic rings. The zero-order valence-corrected chi connectivity index (χ0v) is 12.5. The summed E-state index contributed by atoms with van der Waals surface area (Å²) in [6.07, 6.45) is 4.00. The molecular weight excluding hydrogens is 240 g/mol. The molecule has 1 heterocycles. The van der Waals surface area contributed by atoms with E-state index in [2.05, 4.69) is 19.2 Å². The Morgan fingerprint density at radius 3 is 2.21 bits per heavy atom. The Morgan fingerprint density at radius 2 is 1.79 bits per heavy atom. The van der Waals surface area contributed by atoms with Gasteiger partial charge in [0.15, 0.2) is 0 Å². The Hall–Kier alpha value is -1.06. The maximum Gasteiger partial charge on any atom is 0.246 e. The van der Waals surface area contributed by atoms with Crippen molar-refractivity contribution >= 4 is 11.8 Å².